The van der Waals surface area contributed by atoms with Crippen molar-refractivity contribution in [3.8, 4) is 0 Å². The van der Waals surface area contributed by atoms with E-state index >= 15 is 0 Å². The summed E-state index contributed by atoms with van der Waals surface area (Å²) in [6.07, 6.45) is 20.5. The summed E-state index contributed by atoms with van der Waals surface area (Å²) >= 11 is 0. The van der Waals surface area contributed by atoms with Gasteiger partial charge in [0.1, 0.15) is 5.78 Å². The predicted molar refractivity (Wildman–Crippen MR) is 119 cm³/mol. The van der Waals surface area contributed by atoms with Gasteiger partial charge in [0.05, 0.1) is 0 Å². The Morgan fingerprint density at radius 2 is 1.22 bits per heavy atom. The van der Waals surface area contributed by atoms with Crippen molar-refractivity contribution in [3.05, 3.63) is 35.9 Å². The van der Waals surface area contributed by atoms with Gasteiger partial charge in [-0.05, 0) is 24.8 Å². The number of ketones is 1. The van der Waals surface area contributed by atoms with Crippen LogP contribution in [0.3, 0.4) is 0 Å². The average Bonchev–Trinajstić information content (AvgIpc) is 2.70. The molecule has 0 heterocycles. The Morgan fingerprint density at radius 3 is 1.74 bits per heavy atom. The molecule has 1 rings (SSSR count). The Hall–Kier alpha value is -1.11. The lowest BCUT2D eigenvalue weighted by Gasteiger charge is -2.10. The Morgan fingerprint density at radius 1 is 0.741 bits per heavy atom. The molecular weight excluding hydrogens is 328 g/mol. The number of hydrogen-bond donors (Lipinski definition) is 0. The Bertz CT molecular complexity index is 451. The molecule has 1 aromatic carbocycles. The number of unbranched alkanes of at least 4 members (excludes halogenated alkanes) is 12. The fraction of sp³-hybridized carbons (Fsp3) is 0.731. The highest BCUT2D eigenvalue weighted by Gasteiger charge is 2.12. The van der Waals surface area contributed by atoms with Crippen LogP contribution >= 0.6 is 0 Å². The highest BCUT2D eigenvalue weighted by molar-refractivity contribution is 5.80. The summed E-state index contributed by atoms with van der Waals surface area (Å²) < 4.78 is 0. The molecule has 1 aromatic rings. The normalized spacial score (nSPS) is 12.2. The molecule has 1 heteroatoms. The molecule has 1 atom stereocenters. The molecule has 0 amide bonds. The summed E-state index contributed by atoms with van der Waals surface area (Å²) in [5.74, 6) is 0.677. The highest BCUT2D eigenvalue weighted by Crippen LogP contribution is 2.16. The standard InChI is InChI=1S/C26H44O/c1-3-4-5-6-7-8-9-10-11-12-13-14-18-21-26(27)24(2)22-23-25-19-16-15-17-20-25/h15-17,19-20,24H,3-14,18,21-23H2,1-2H3/t24-/m0/s1. The maximum atomic E-state index is 12.3. The van der Waals surface area contributed by atoms with E-state index in [1.165, 1.54) is 82.6 Å². The van der Waals surface area contributed by atoms with Gasteiger partial charge in [0, 0.05) is 12.3 Å². The first kappa shape index (κ1) is 23.9. The third-order valence-corrected chi connectivity index (χ3v) is 5.79. The third kappa shape index (κ3) is 13.7. The molecule has 0 bridgehead atoms. The molecule has 1 nitrogen and oxygen atoms in total. The van der Waals surface area contributed by atoms with E-state index in [1.54, 1.807) is 0 Å². The molecule has 0 radical (unpaired) electrons. The van der Waals surface area contributed by atoms with Gasteiger partial charge in [-0.15, -0.1) is 0 Å². The first-order chi connectivity index (χ1) is 13.2. The summed E-state index contributed by atoms with van der Waals surface area (Å²) in [6, 6.07) is 10.5. The number of rotatable bonds is 18. The van der Waals surface area contributed by atoms with Crippen molar-refractivity contribution >= 4 is 5.78 Å². The first-order valence-corrected chi connectivity index (χ1v) is 11.8. The van der Waals surface area contributed by atoms with E-state index in [9.17, 15) is 4.79 Å². The van der Waals surface area contributed by atoms with Crippen LogP contribution < -0.4 is 0 Å². The molecule has 0 saturated heterocycles. The van der Waals surface area contributed by atoms with Crippen molar-refractivity contribution in [1.82, 2.24) is 0 Å². The van der Waals surface area contributed by atoms with E-state index in [0.29, 0.717) is 5.78 Å². The molecule has 0 spiro atoms. The number of carbonyl (C=O) groups is 1. The average molecular weight is 373 g/mol. The maximum Gasteiger partial charge on any atom is 0.135 e. The van der Waals surface area contributed by atoms with E-state index in [0.717, 1.165) is 25.7 Å². The van der Waals surface area contributed by atoms with E-state index in [-0.39, 0.29) is 5.92 Å². The molecule has 154 valence electrons. The van der Waals surface area contributed by atoms with E-state index < -0.39 is 0 Å². The summed E-state index contributed by atoms with van der Waals surface area (Å²) in [4.78, 5) is 12.3. The minimum absolute atomic E-state index is 0.211. The van der Waals surface area contributed by atoms with Crippen LogP contribution in [0.1, 0.15) is 116 Å². The monoisotopic (exact) mass is 372 g/mol. The Labute approximate surface area is 169 Å². The van der Waals surface area contributed by atoms with Crippen molar-refractivity contribution < 1.29 is 4.79 Å². The highest BCUT2D eigenvalue weighted by atomic mass is 16.1. The second-order valence-electron chi connectivity index (χ2n) is 8.38. The van der Waals surface area contributed by atoms with E-state index in [1.807, 2.05) is 6.07 Å². The second kappa shape index (κ2) is 17.0. The molecule has 0 unspecified atom stereocenters. The van der Waals surface area contributed by atoms with E-state index in [2.05, 4.69) is 38.1 Å². The molecule has 0 aromatic heterocycles. The van der Waals surface area contributed by atoms with Gasteiger partial charge in [-0.1, -0.05) is 121 Å². The predicted octanol–water partition coefficient (Wildman–Crippen LogP) is 8.31. The van der Waals surface area contributed by atoms with Crippen molar-refractivity contribution in [3.63, 3.8) is 0 Å². The Kier molecular flexibility index (Phi) is 15.1. The lowest BCUT2D eigenvalue weighted by atomic mass is 9.94. The smallest absolute Gasteiger partial charge is 0.135 e. The second-order valence-corrected chi connectivity index (χ2v) is 8.38. The molecule has 0 fully saturated rings. The number of aryl methyl sites for hydroxylation is 1. The topological polar surface area (TPSA) is 17.1 Å². The lowest BCUT2D eigenvalue weighted by Crippen LogP contribution is -2.11. The quantitative estimate of drug-likeness (QED) is 0.237. The van der Waals surface area contributed by atoms with Crippen LogP contribution in [0.5, 0.6) is 0 Å². The zero-order valence-electron chi connectivity index (χ0n) is 18.2. The number of carbonyl (C=O) groups excluding carboxylic acids is 1. The van der Waals surface area contributed by atoms with Gasteiger partial charge in [0.25, 0.3) is 0 Å². The first-order valence-electron chi connectivity index (χ1n) is 11.8. The van der Waals surface area contributed by atoms with Crippen molar-refractivity contribution in [1.29, 1.82) is 0 Å². The van der Waals surface area contributed by atoms with Crippen LogP contribution in [0.4, 0.5) is 0 Å². The number of hydrogen-bond acceptors (Lipinski definition) is 1. The van der Waals surface area contributed by atoms with E-state index in [4.69, 9.17) is 0 Å². The van der Waals surface area contributed by atoms with Crippen LogP contribution in [-0.2, 0) is 11.2 Å². The Balaban J connectivity index is 1.87. The SMILES string of the molecule is CCCCCCCCCCCCCCCC(=O)[C@@H](C)CCc1ccccc1. The van der Waals surface area contributed by atoms with Gasteiger partial charge in [-0.25, -0.2) is 0 Å². The molecule has 0 aliphatic rings. The summed E-state index contributed by atoms with van der Waals surface area (Å²) in [5, 5.41) is 0. The van der Waals surface area contributed by atoms with Crippen molar-refractivity contribution in [2.24, 2.45) is 5.92 Å². The van der Waals surface area contributed by atoms with Gasteiger partial charge in [-0.2, -0.15) is 0 Å². The maximum absolute atomic E-state index is 12.3. The van der Waals surface area contributed by atoms with Crippen LogP contribution in [-0.4, -0.2) is 5.78 Å². The molecule has 0 N–H and O–H groups in total. The van der Waals surface area contributed by atoms with Crippen LogP contribution in [0.25, 0.3) is 0 Å². The zero-order valence-corrected chi connectivity index (χ0v) is 18.2. The lowest BCUT2D eigenvalue weighted by molar-refractivity contribution is -0.122. The fourth-order valence-corrected chi connectivity index (χ4v) is 3.75. The third-order valence-electron chi connectivity index (χ3n) is 5.79. The van der Waals surface area contributed by atoms with Gasteiger partial charge >= 0.3 is 0 Å². The van der Waals surface area contributed by atoms with Crippen molar-refractivity contribution in [2.45, 2.75) is 117 Å². The molecular formula is C26H44O. The minimum Gasteiger partial charge on any atom is -0.299 e. The molecule has 0 aliphatic carbocycles. The molecule has 27 heavy (non-hydrogen) atoms. The number of benzene rings is 1. The van der Waals surface area contributed by atoms with Crippen LogP contribution in [0.2, 0.25) is 0 Å². The van der Waals surface area contributed by atoms with Gasteiger partial charge < -0.3 is 0 Å². The van der Waals surface area contributed by atoms with Gasteiger partial charge in [-0.3, -0.25) is 4.79 Å². The number of Topliss-reactive ketones (excluding diaryl/α,β-unsaturated/α-hetero) is 1. The summed E-state index contributed by atoms with van der Waals surface area (Å²) in [7, 11) is 0. The van der Waals surface area contributed by atoms with Gasteiger partial charge in [0.15, 0.2) is 0 Å². The summed E-state index contributed by atoms with van der Waals surface area (Å²) in [6.45, 7) is 4.38. The van der Waals surface area contributed by atoms with Crippen LogP contribution in [0.15, 0.2) is 30.3 Å². The fourth-order valence-electron chi connectivity index (χ4n) is 3.75. The van der Waals surface area contributed by atoms with Crippen LogP contribution in [0, 0.1) is 5.92 Å². The zero-order chi connectivity index (χ0) is 19.6. The van der Waals surface area contributed by atoms with Crippen molar-refractivity contribution in [2.75, 3.05) is 0 Å². The van der Waals surface area contributed by atoms with Gasteiger partial charge in [0.2, 0.25) is 0 Å². The summed E-state index contributed by atoms with van der Waals surface area (Å²) in [5.41, 5.74) is 1.35. The molecule has 0 saturated carbocycles. The molecule has 0 aliphatic heterocycles. The largest absolute Gasteiger partial charge is 0.299 e. The minimum atomic E-state index is 0.211.